The minimum atomic E-state index is -0.429. The normalized spacial score (nSPS) is 19.3. The fourth-order valence-corrected chi connectivity index (χ4v) is 5.66. The topological polar surface area (TPSA) is 49.7 Å². The molecule has 39 heavy (non-hydrogen) atoms. The van der Waals surface area contributed by atoms with Crippen LogP contribution >= 0.6 is 0 Å². The molecule has 0 bridgehead atoms. The Morgan fingerprint density at radius 2 is 1.92 bits per heavy atom. The molecule has 0 spiro atoms. The summed E-state index contributed by atoms with van der Waals surface area (Å²) in [5.74, 6) is -0.470. The van der Waals surface area contributed by atoms with Gasteiger partial charge in [0.05, 0.1) is 11.5 Å². The van der Waals surface area contributed by atoms with Crippen LogP contribution in [0.1, 0.15) is 81.0 Å². The van der Waals surface area contributed by atoms with Crippen molar-refractivity contribution in [3.63, 3.8) is 0 Å². The molecule has 204 valence electrons. The summed E-state index contributed by atoms with van der Waals surface area (Å²) in [7, 11) is 0. The van der Waals surface area contributed by atoms with E-state index in [2.05, 4.69) is 17.6 Å². The lowest BCUT2D eigenvalue weighted by atomic mass is 9.75. The second-order valence-corrected chi connectivity index (χ2v) is 11.0. The Morgan fingerprint density at radius 1 is 1.21 bits per heavy atom. The average molecular weight is 526 g/mol. The maximum Gasteiger partial charge on any atom is 0.276 e. The number of aliphatic hydroxyl groups excluding tert-OH is 1. The Labute approximate surface area is 232 Å². The molecule has 1 N–H and O–H groups in total. The Bertz CT molecular complexity index is 1340. The van der Waals surface area contributed by atoms with Gasteiger partial charge in [-0.15, -0.1) is 0 Å². The van der Waals surface area contributed by atoms with Crippen molar-refractivity contribution in [3.8, 4) is 0 Å². The lowest BCUT2D eigenvalue weighted by Gasteiger charge is -2.32. The molecule has 2 aromatic carbocycles. The number of allylic oxidation sites excluding steroid dienone is 6. The minimum Gasteiger partial charge on any atom is -0.511 e. The van der Waals surface area contributed by atoms with Gasteiger partial charge in [0, 0.05) is 12.1 Å². The zero-order chi connectivity index (χ0) is 28.1. The third kappa shape index (κ3) is 6.73. The number of amides is 1. The van der Waals surface area contributed by atoms with E-state index >= 15 is 0 Å². The SMILES string of the molecule is C=C/C(C)=C(\C=C/C)c1ccc(CC2=C(O)C([C@@H](CC)c3cc(C)cc(F)c3)C(CCC3CC3)=NC2=O)cc1. The lowest BCUT2D eigenvalue weighted by molar-refractivity contribution is -0.114. The Morgan fingerprint density at radius 3 is 2.51 bits per heavy atom. The summed E-state index contributed by atoms with van der Waals surface area (Å²) in [6, 6.07) is 13.1. The lowest BCUT2D eigenvalue weighted by Crippen LogP contribution is -2.31. The highest BCUT2D eigenvalue weighted by atomic mass is 19.1. The van der Waals surface area contributed by atoms with Crippen LogP contribution in [0.25, 0.3) is 5.57 Å². The first-order valence-corrected chi connectivity index (χ1v) is 14.1. The molecule has 2 atom stereocenters. The highest BCUT2D eigenvalue weighted by molar-refractivity contribution is 6.09. The van der Waals surface area contributed by atoms with Gasteiger partial charge in [-0.2, -0.15) is 0 Å². The van der Waals surface area contributed by atoms with Crippen molar-refractivity contribution in [2.75, 3.05) is 0 Å². The smallest absolute Gasteiger partial charge is 0.276 e. The molecular weight excluding hydrogens is 485 g/mol. The standard InChI is InChI=1S/C35H40FNO2/c1-6-9-30(23(5)7-2)26-15-12-25(13-16-26)20-31-34(38)33(32(37-35(31)39)17-14-24-10-11-24)29(8-3)27-18-22(4)19-28(36)21-27/h6-7,9,12-13,15-16,18-19,21,24,29,33,38H,2,8,10-11,14,17,20H2,1,3-5H3/b9-6-,30-23+/t29-,33?/m0/s1. The van der Waals surface area contributed by atoms with Crippen LogP contribution in [0.2, 0.25) is 0 Å². The van der Waals surface area contributed by atoms with Crippen LogP contribution in [0.15, 0.2) is 89.2 Å². The maximum absolute atomic E-state index is 14.4. The van der Waals surface area contributed by atoms with Crippen LogP contribution in [-0.4, -0.2) is 16.7 Å². The van der Waals surface area contributed by atoms with E-state index in [0.29, 0.717) is 30.8 Å². The van der Waals surface area contributed by atoms with Gasteiger partial charge >= 0.3 is 0 Å². The first kappa shape index (κ1) is 28.5. The fraction of sp³-hybridized carbons (Fsp3) is 0.371. The molecule has 1 saturated carbocycles. The number of aliphatic hydroxyl groups is 1. The maximum atomic E-state index is 14.4. The van der Waals surface area contributed by atoms with Crippen LogP contribution in [0.5, 0.6) is 0 Å². The van der Waals surface area contributed by atoms with Crippen LogP contribution in [0, 0.1) is 24.6 Å². The van der Waals surface area contributed by atoms with E-state index in [1.807, 2.05) is 70.2 Å². The summed E-state index contributed by atoms with van der Waals surface area (Å²) < 4.78 is 14.4. The van der Waals surface area contributed by atoms with Crippen molar-refractivity contribution >= 4 is 17.2 Å². The highest BCUT2D eigenvalue weighted by Gasteiger charge is 2.38. The van der Waals surface area contributed by atoms with Crippen molar-refractivity contribution in [2.24, 2.45) is 16.8 Å². The van der Waals surface area contributed by atoms with Gasteiger partial charge in [0.15, 0.2) is 0 Å². The van der Waals surface area contributed by atoms with E-state index < -0.39 is 5.92 Å². The number of halogens is 1. The number of dihydropyridines is 1. The quantitative estimate of drug-likeness (QED) is 0.298. The Hall–Kier alpha value is -3.53. The van der Waals surface area contributed by atoms with Gasteiger partial charge in [0.1, 0.15) is 11.6 Å². The molecule has 0 aromatic heterocycles. The van der Waals surface area contributed by atoms with Gasteiger partial charge < -0.3 is 5.11 Å². The first-order chi connectivity index (χ1) is 18.7. The third-order valence-electron chi connectivity index (χ3n) is 8.02. The molecule has 0 radical (unpaired) electrons. The van der Waals surface area contributed by atoms with Gasteiger partial charge in [-0.3, -0.25) is 4.79 Å². The van der Waals surface area contributed by atoms with Crippen LogP contribution in [0.4, 0.5) is 4.39 Å². The fourth-order valence-electron chi connectivity index (χ4n) is 5.66. The number of carbonyl (C=O) groups excluding carboxylic acids is 1. The van der Waals surface area contributed by atoms with Crippen molar-refractivity contribution in [2.45, 2.75) is 72.1 Å². The summed E-state index contributed by atoms with van der Waals surface area (Å²) in [4.78, 5) is 17.8. The number of hydrogen-bond donors (Lipinski definition) is 1. The van der Waals surface area contributed by atoms with Gasteiger partial charge in [-0.25, -0.2) is 9.38 Å². The van der Waals surface area contributed by atoms with Crippen LogP contribution < -0.4 is 0 Å². The predicted octanol–water partition coefficient (Wildman–Crippen LogP) is 9.01. The molecule has 2 aliphatic rings. The molecule has 4 rings (SSSR count). The van der Waals surface area contributed by atoms with Crippen LogP contribution in [0.3, 0.4) is 0 Å². The number of rotatable bonds is 11. The van der Waals surface area contributed by atoms with E-state index in [1.165, 1.54) is 18.9 Å². The number of aliphatic imine (C=N–C) groups is 1. The van der Waals surface area contributed by atoms with Crippen molar-refractivity contribution in [1.82, 2.24) is 0 Å². The molecule has 1 aliphatic heterocycles. The van der Waals surface area contributed by atoms with E-state index in [4.69, 9.17) is 0 Å². The van der Waals surface area contributed by atoms with Crippen LogP contribution in [-0.2, 0) is 11.2 Å². The van der Waals surface area contributed by atoms with Crippen molar-refractivity contribution in [1.29, 1.82) is 0 Å². The molecule has 4 heteroatoms. The number of aryl methyl sites for hydroxylation is 1. The van der Waals surface area contributed by atoms with E-state index in [1.54, 1.807) is 6.07 Å². The highest BCUT2D eigenvalue weighted by Crippen LogP contribution is 2.41. The number of benzene rings is 2. The molecule has 1 aliphatic carbocycles. The number of carbonyl (C=O) groups is 1. The summed E-state index contributed by atoms with van der Waals surface area (Å²) in [5.41, 5.74) is 6.91. The summed E-state index contributed by atoms with van der Waals surface area (Å²) in [5, 5.41) is 11.7. The molecule has 1 fully saturated rings. The molecule has 3 nitrogen and oxygen atoms in total. The molecule has 1 heterocycles. The second kappa shape index (κ2) is 12.5. The monoisotopic (exact) mass is 525 g/mol. The number of nitrogens with zero attached hydrogens (tertiary/aromatic N) is 1. The Kier molecular flexibility index (Phi) is 9.16. The van der Waals surface area contributed by atoms with Gasteiger partial charge in [-0.05, 0) is 97.4 Å². The molecule has 2 aromatic rings. The summed E-state index contributed by atoms with van der Waals surface area (Å²) in [6.07, 6.45) is 11.0. The predicted molar refractivity (Wildman–Crippen MR) is 159 cm³/mol. The molecule has 0 saturated heterocycles. The van der Waals surface area contributed by atoms with E-state index in [9.17, 15) is 14.3 Å². The molecule has 1 unspecified atom stereocenters. The summed E-state index contributed by atoms with van der Waals surface area (Å²) >= 11 is 0. The second-order valence-electron chi connectivity index (χ2n) is 11.0. The largest absolute Gasteiger partial charge is 0.511 e. The first-order valence-electron chi connectivity index (χ1n) is 14.1. The molecule has 1 amide bonds. The summed E-state index contributed by atoms with van der Waals surface area (Å²) in [6.45, 7) is 11.8. The van der Waals surface area contributed by atoms with E-state index in [-0.39, 0.29) is 23.4 Å². The average Bonchev–Trinajstić information content (AvgIpc) is 3.74. The number of hydrogen-bond acceptors (Lipinski definition) is 2. The van der Waals surface area contributed by atoms with Gasteiger partial charge in [0.2, 0.25) is 0 Å². The Balaban J connectivity index is 1.69. The van der Waals surface area contributed by atoms with Crippen molar-refractivity contribution < 1.29 is 14.3 Å². The molecular formula is C35H40FNO2. The van der Waals surface area contributed by atoms with Gasteiger partial charge in [0.25, 0.3) is 5.91 Å². The zero-order valence-electron chi connectivity index (χ0n) is 23.6. The van der Waals surface area contributed by atoms with Gasteiger partial charge in [-0.1, -0.05) is 74.9 Å². The zero-order valence-corrected chi connectivity index (χ0v) is 23.6. The van der Waals surface area contributed by atoms with Crippen molar-refractivity contribution in [3.05, 3.63) is 112 Å². The third-order valence-corrected chi connectivity index (χ3v) is 8.02. The minimum absolute atomic E-state index is 0.0932. The van der Waals surface area contributed by atoms with E-state index in [0.717, 1.165) is 45.5 Å².